The van der Waals surface area contributed by atoms with Crippen LogP contribution in [0.15, 0.2) is 48.5 Å². The highest BCUT2D eigenvalue weighted by molar-refractivity contribution is 5.98. The van der Waals surface area contributed by atoms with Crippen molar-refractivity contribution >= 4 is 5.78 Å². The Bertz CT molecular complexity index is 613. The maximum Gasteiger partial charge on any atom is 0.166 e. The molecule has 0 bridgehead atoms. The highest BCUT2D eigenvalue weighted by Gasteiger charge is 2.21. The quantitative estimate of drug-likeness (QED) is 0.871. The maximum absolute atomic E-state index is 12.9. The Balaban J connectivity index is 1.77. The monoisotopic (exact) mass is 283 g/mol. The van der Waals surface area contributed by atoms with Crippen LogP contribution in [0.25, 0.3) is 11.1 Å². The first kappa shape index (κ1) is 14.0. The molecule has 2 aromatic rings. The second-order valence-electron chi connectivity index (χ2n) is 5.47. The summed E-state index contributed by atoms with van der Waals surface area (Å²) in [6.07, 6.45) is 1.83. The van der Waals surface area contributed by atoms with Gasteiger partial charge in [0.1, 0.15) is 5.82 Å². The van der Waals surface area contributed by atoms with E-state index in [4.69, 9.17) is 0 Å². The molecule has 1 saturated heterocycles. The minimum atomic E-state index is -0.239. The van der Waals surface area contributed by atoms with Crippen molar-refractivity contribution in [1.82, 2.24) is 5.32 Å². The van der Waals surface area contributed by atoms with Crippen LogP contribution < -0.4 is 5.32 Å². The summed E-state index contributed by atoms with van der Waals surface area (Å²) in [5, 5.41) is 3.27. The molecule has 0 saturated carbocycles. The van der Waals surface area contributed by atoms with E-state index in [0.29, 0.717) is 0 Å². The third-order valence-corrected chi connectivity index (χ3v) is 4.06. The number of rotatable bonds is 3. The van der Waals surface area contributed by atoms with Crippen molar-refractivity contribution in [2.75, 3.05) is 13.1 Å². The number of carbonyl (C=O) groups is 1. The summed E-state index contributed by atoms with van der Waals surface area (Å²) in [6, 6.07) is 14.0. The van der Waals surface area contributed by atoms with Crippen molar-refractivity contribution in [1.29, 1.82) is 0 Å². The van der Waals surface area contributed by atoms with Gasteiger partial charge in [0.25, 0.3) is 0 Å². The summed E-state index contributed by atoms with van der Waals surface area (Å²) in [5.41, 5.74) is 2.72. The molecule has 0 unspecified atom stereocenters. The SMILES string of the molecule is O=C(c1ccc(-c2ccc(F)cc2)cc1)C1CCNCC1. The third-order valence-electron chi connectivity index (χ3n) is 4.06. The minimum absolute atomic E-state index is 0.142. The van der Waals surface area contributed by atoms with Crippen LogP contribution in [0.5, 0.6) is 0 Å². The largest absolute Gasteiger partial charge is 0.317 e. The van der Waals surface area contributed by atoms with Gasteiger partial charge in [-0.1, -0.05) is 36.4 Å². The van der Waals surface area contributed by atoms with E-state index >= 15 is 0 Å². The Labute approximate surface area is 124 Å². The van der Waals surface area contributed by atoms with E-state index in [2.05, 4.69) is 5.32 Å². The van der Waals surface area contributed by atoms with Gasteiger partial charge in [-0.05, 0) is 49.2 Å². The molecule has 0 aromatic heterocycles. The number of Topliss-reactive ketones (excluding diaryl/α,β-unsaturated/α-hetero) is 1. The molecule has 1 N–H and O–H groups in total. The summed E-state index contributed by atoms with van der Waals surface area (Å²) in [5.74, 6) is 0.140. The van der Waals surface area contributed by atoms with Crippen molar-refractivity contribution in [2.45, 2.75) is 12.8 Å². The van der Waals surface area contributed by atoms with Gasteiger partial charge in [0.05, 0.1) is 0 Å². The Morgan fingerprint density at radius 2 is 1.43 bits per heavy atom. The molecule has 0 radical (unpaired) electrons. The summed E-state index contributed by atoms with van der Waals surface area (Å²) < 4.78 is 12.9. The van der Waals surface area contributed by atoms with Crippen LogP contribution in [-0.2, 0) is 0 Å². The van der Waals surface area contributed by atoms with Crippen molar-refractivity contribution in [3.05, 3.63) is 59.9 Å². The van der Waals surface area contributed by atoms with E-state index in [1.54, 1.807) is 12.1 Å². The van der Waals surface area contributed by atoms with Crippen molar-refractivity contribution in [3.63, 3.8) is 0 Å². The van der Waals surface area contributed by atoms with Gasteiger partial charge in [0.15, 0.2) is 5.78 Å². The molecule has 0 amide bonds. The molecule has 1 aliphatic rings. The van der Waals surface area contributed by atoms with Crippen LogP contribution in [0.3, 0.4) is 0 Å². The molecule has 2 nitrogen and oxygen atoms in total. The van der Waals surface area contributed by atoms with Crippen LogP contribution >= 0.6 is 0 Å². The van der Waals surface area contributed by atoms with Crippen LogP contribution in [-0.4, -0.2) is 18.9 Å². The lowest BCUT2D eigenvalue weighted by Gasteiger charge is -2.21. The normalized spacial score (nSPS) is 15.9. The molecule has 0 atom stereocenters. The Hall–Kier alpha value is -2.00. The molecule has 3 heteroatoms. The molecule has 1 aliphatic heterocycles. The number of hydrogen-bond acceptors (Lipinski definition) is 2. The van der Waals surface area contributed by atoms with Gasteiger partial charge < -0.3 is 5.32 Å². The first-order valence-corrected chi connectivity index (χ1v) is 7.35. The highest BCUT2D eigenvalue weighted by Crippen LogP contribution is 2.23. The van der Waals surface area contributed by atoms with Gasteiger partial charge in [-0.3, -0.25) is 4.79 Å². The number of carbonyl (C=O) groups excluding carboxylic acids is 1. The van der Waals surface area contributed by atoms with Gasteiger partial charge in [0.2, 0.25) is 0 Å². The average Bonchev–Trinajstić information content (AvgIpc) is 2.56. The second-order valence-corrected chi connectivity index (χ2v) is 5.47. The predicted octanol–water partition coefficient (Wildman–Crippen LogP) is 3.68. The van der Waals surface area contributed by atoms with Gasteiger partial charge in [-0.2, -0.15) is 0 Å². The van der Waals surface area contributed by atoms with E-state index in [-0.39, 0.29) is 17.5 Å². The summed E-state index contributed by atoms with van der Waals surface area (Å²) in [6.45, 7) is 1.84. The first-order valence-electron chi connectivity index (χ1n) is 7.35. The smallest absolute Gasteiger partial charge is 0.166 e. The number of benzene rings is 2. The fraction of sp³-hybridized carbons (Fsp3) is 0.278. The molecule has 1 fully saturated rings. The molecule has 0 spiro atoms. The summed E-state index contributed by atoms with van der Waals surface area (Å²) >= 11 is 0. The number of nitrogens with one attached hydrogen (secondary N) is 1. The first-order chi connectivity index (χ1) is 10.2. The number of piperidine rings is 1. The highest BCUT2D eigenvalue weighted by atomic mass is 19.1. The molecule has 0 aliphatic carbocycles. The Morgan fingerprint density at radius 3 is 2.00 bits per heavy atom. The van der Waals surface area contributed by atoms with E-state index < -0.39 is 0 Å². The fourth-order valence-corrected chi connectivity index (χ4v) is 2.79. The standard InChI is InChI=1S/C18H18FNO/c19-17-7-5-14(6-8-17)13-1-3-15(4-2-13)18(21)16-9-11-20-12-10-16/h1-8,16,20H,9-12H2. The average molecular weight is 283 g/mol. The zero-order valence-electron chi connectivity index (χ0n) is 11.8. The zero-order valence-corrected chi connectivity index (χ0v) is 11.8. The minimum Gasteiger partial charge on any atom is -0.317 e. The number of halogens is 1. The van der Waals surface area contributed by atoms with Gasteiger partial charge in [0, 0.05) is 11.5 Å². The van der Waals surface area contributed by atoms with E-state index in [9.17, 15) is 9.18 Å². The summed E-state index contributed by atoms with van der Waals surface area (Å²) in [7, 11) is 0. The molecule has 108 valence electrons. The zero-order chi connectivity index (χ0) is 14.7. The van der Waals surface area contributed by atoms with Crippen molar-refractivity contribution < 1.29 is 9.18 Å². The van der Waals surface area contributed by atoms with Crippen molar-refractivity contribution in [2.24, 2.45) is 5.92 Å². The Kier molecular flexibility index (Phi) is 4.11. The van der Waals surface area contributed by atoms with Crippen LogP contribution in [0.2, 0.25) is 0 Å². The Morgan fingerprint density at radius 1 is 0.905 bits per heavy atom. The second kappa shape index (κ2) is 6.19. The van der Waals surface area contributed by atoms with Crippen LogP contribution in [0.1, 0.15) is 23.2 Å². The third kappa shape index (κ3) is 3.19. The lowest BCUT2D eigenvalue weighted by atomic mass is 9.89. The van der Waals surface area contributed by atoms with Gasteiger partial charge in [-0.25, -0.2) is 4.39 Å². The molecule has 3 rings (SSSR count). The lowest BCUT2D eigenvalue weighted by molar-refractivity contribution is 0.0895. The molecular formula is C18H18FNO. The molecule has 21 heavy (non-hydrogen) atoms. The molecule has 2 aromatic carbocycles. The number of hydrogen-bond donors (Lipinski definition) is 1. The van der Waals surface area contributed by atoms with Gasteiger partial charge >= 0.3 is 0 Å². The van der Waals surface area contributed by atoms with E-state index in [1.807, 2.05) is 24.3 Å². The van der Waals surface area contributed by atoms with E-state index in [0.717, 1.165) is 42.6 Å². The molecular weight excluding hydrogens is 265 g/mol. The summed E-state index contributed by atoms with van der Waals surface area (Å²) in [4.78, 5) is 12.4. The predicted molar refractivity (Wildman–Crippen MR) is 81.8 cm³/mol. The van der Waals surface area contributed by atoms with Crippen LogP contribution in [0, 0.1) is 11.7 Å². The fourth-order valence-electron chi connectivity index (χ4n) is 2.79. The topological polar surface area (TPSA) is 29.1 Å². The van der Waals surface area contributed by atoms with Crippen molar-refractivity contribution in [3.8, 4) is 11.1 Å². The molecule has 1 heterocycles. The maximum atomic E-state index is 12.9. The van der Waals surface area contributed by atoms with Crippen LogP contribution in [0.4, 0.5) is 4.39 Å². The van der Waals surface area contributed by atoms with E-state index in [1.165, 1.54) is 12.1 Å². The van der Waals surface area contributed by atoms with Gasteiger partial charge in [-0.15, -0.1) is 0 Å². The lowest BCUT2D eigenvalue weighted by Crippen LogP contribution is -2.31. The number of ketones is 1.